The summed E-state index contributed by atoms with van der Waals surface area (Å²) in [5.74, 6) is 0.138. The summed E-state index contributed by atoms with van der Waals surface area (Å²) in [7, 11) is 2.14. The highest BCUT2D eigenvalue weighted by Gasteiger charge is 2.45. The van der Waals surface area contributed by atoms with E-state index >= 15 is 0 Å². The zero-order chi connectivity index (χ0) is 19.3. The Bertz CT molecular complexity index is 943. The lowest BCUT2D eigenvalue weighted by molar-refractivity contribution is -0.0226. The first-order chi connectivity index (χ1) is 13.6. The van der Waals surface area contributed by atoms with Gasteiger partial charge < -0.3 is 15.1 Å². The summed E-state index contributed by atoms with van der Waals surface area (Å²) in [5, 5.41) is 2.91. The Morgan fingerprint density at radius 3 is 2.61 bits per heavy atom. The van der Waals surface area contributed by atoms with Crippen molar-refractivity contribution >= 4 is 29.1 Å². The maximum absolute atomic E-state index is 13.6. The van der Waals surface area contributed by atoms with Gasteiger partial charge in [-0.3, -0.25) is 4.79 Å². The molecule has 0 atom stereocenters. The van der Waals surface area contributed by atoms with Crippen molar-refractivity contribution in [3.8, 4) is 0 Å². The molecule has 2 saturated heterocycles. The zero-order valence-corrected chi connectivity index (χ0v) is 15.9. The molecule has 1 aromatic carbocycles. The number of aromatic nitrogens is 1. The molecule has 1 spiro atoms. The molecule has 3 aliphatic heterocycles. The Morgan fingerprint density at radius 1 is 1.11 bits per heavy atom. The van der Waals surface area contributed by atoms with Crippen LogP contribution in [-0.2, 0) is 0 Å². The van der Waals surface area contributed by atoms with Crippen LogP contribution in [0.4, 0.5) is 22.0 Å². The number of piperidine rings is 1. The lowest BCUT2D eigenvalue weighted by Gasteiger charge is -2.53. The molecule has 7 heteroatoms. The van der Waals surface area contributed by atoms with Crippen molar-refractivity contribution < 1.29 is 9.59 Å². The molecule has 1 N–H and O–H groups in total. The molecule has 1 aromatic heterocycles. The van der Waals surface area contributed by atoms with Crippen LogP contribution >= 0.6 is 0 Å². The number of anilines is 3. The van der Waals surface area contributed by atoms with E-state index in [2.05, 4.69) is 22.2 Å². The van der Waals surface area contributed by atoms with Crippen LogP contribution in [0.2, 0.25) is 0 Å². The number of rotatable bonds is 0. The van der Waals surface area contributed by atoms with Gasteiger partial charge in [-0.25, -0.2) is 14.7 Å². The van der Waals surface area contributed by atoms with E-state index in [4.69, 9.17) is 0 Å². The van der Waals surface area contributed by atoms with E-state index in [0.29, 0.717) is 28.2 Å². The first-order valence-corrected chi connectivity index (χ1v) is 9.69. The predicted octanol–water partition coefficient (Wildman–Crippen LogP) is 2.93. The molecule has 0 saturated carbocycles. The second-order valence-corrected chi connectivity index (χ2v) is 8.12. The lowest BCUT2D eigenvalue weighted by Crippen LogP contribution is -2.60. The van der Waals surface area contributed by atoms with Crippen molar-refractivity contribution in [2.45, 2.75) is 12.8 Å². The van der Waals surface area contributed by atoms with Gasteiger partial charge in [0, 0.05) is 32.4 Å². The summed E-state index contributed by atoms with van der Waals surface area (Å²) < 4.78 is 0. The van der Waals surface area contributed by atoms with Crippen molar-refractivity contribution in [1.29, 1.82) is 0 Å². The topological polar surface area (TPSA) is 68.8 Å². The smallest absolute Gasteiger partial charge is 0.324 e. The fraction of sp³-hybridized carbons (Fsp3) is 0.381. The molecule has 0 radical (unpaired) electrons. The number of urea groups is 1. The van der Waals surface area contributed by atoms with Gasteiger partial charge in [0.15, 0.2) is 5.82 Å². The van der Waals surface area contributed by atoms with Crippen molar-refractivity contribution in [3.05, 3.63) is 48.2 Å². The van der Waals surface area contributed by atoms with Gasteiger partial charge in [-0.15, -0.1) is 0 Å². The van der Waals surface area contributed by atoms with Crippen LogP contribution in [0.15, 0.2) is 42.6 Å². The van der Waals surface area contributed by atoms with E-state index in [9.17, 15) is 9.59 Å². The van der Waals surface area contributed by atoms with E-state index in [1.54, 1.807) is 23.2 Å². The average Bonchev–Trinajstić information content (AvgIpc) is 2.81. The molecule has 4 heterocycles. The third-order valence-electron chi connectivity index (χ3n) is 6.13. The summed E-state index contributed by atoms with van der Waals surface area (Å²) >= 11 is 0. The third-order valence-corrected chi connectivity index (χ3v) is 6.13. The van der Waals surface area contributed by atoms with Gasteiger partial charge in [-0.2, -0.15) is 0 Å². The monoisotopic (exact) mass is 377 g/mol. The fourth-order valence-corrected chi connectivity index (χ4v) is 4.75. The maximum Gasteiger partial charge on any atom is 0.330 e. The number of benzene rings is 1. The number of amides is 3. The van der Waals surface area contributed by atoms with E-state index < -0.39 is 0 Å². The minimum absolute atomic E-state index is 0.119. The normalized spacial score (nSPS) is 20.7. The average molecular weight is 377 g/mol. The Labute approximate surface area is 163 Å². The minimum atomic E-state index is -0.249. The number of carbonyl (C=O) groups is 2. The second kappa shape index (κ2) is 6.31. The number of nitrogens with zero attached hydrogens (tertiary/aromatic N) is 4. The highest BCUT2D eigenvalue weighted by molar-refractivity contribution is 6.16. The molecule has 2 aromatic rings. The maximum atomic E-state index is 13.6. The Kier molecular flexibility index (Phi) is 3.87. The van der Waals surface area contributed by atoms with Crippen LogP contribution in [0.5, 0.6) is 0 Å². The van der Waals surface area contributed by atoms with Crippen LogP contribution < -0.4 is 10.2 Å². The fourth-order valence-electron chi connectivity index (χ4n) is 4.75. The summed E-state index contributed by atoms with van der Waals surface area (Å²) in [4.78, 5) is 36.5. The summed E-state index contributed by atoms with van der Waals surface area (Å²) in [6.07, 6.45) is 3.66. The molecular formula is C21H23N5O2. The number of carbonyl (C=O) groups excluding carboxylic acids is 2. The second-order valence-electron chi connectivity index (χ2n) is 8.12. The molecular weight excluding hydrogens is 354 g/mol. The molecule has 3 aliphatic rings. The van der Waals surface area contributed by atoms with Crippen molar-refractivity contribution in [1.82, 2.24) is 14.8 Å². The van der Waals surface area contributed by atoms with Crippen LogP contribution in [0.3, 0.4) is 0 Å². The van der Waals surface area contributed by atoms with Gasteiger partial charge in [0.05, 0.1) is 16.9 Å². The van der Waals surface area contributed by atoms with Gasteiger partial charge in [0.2, 0.25) is 0 Å². The molecule has 2 fully saturated rings. The zero-order valence-electron chi connectivity index (χ0n) is 15.9. The van der Waals surface area contributed by atoms with Crippen LogP contribution in [0.25, 0.3) is 0 Å². The van der Waals surface area contributed by atoms with Gasteiger partial charge in [0.25, 0.3) is 5.91 Å². The van der Waals surface area contributed by atoms with Crippen LogP contribution in [0.1, 0.15) is 23.2 Å². The molecule has 144 valence electrons. The van der Waals surface area contributed by atoms with E-state index in [1.165, 1.54) is 0 Å². The highest BCUT2D eigenvalue weighted by atomic mass is 16.2. The SMILES string of the molecule is CN1CC2(CCN(C(=O)N3c4ccccc4NC(=O)c4cccnc43)CC2)C1. The Balaban J connectivity index is 1.49. The van der Waals surface area contributed by atoms with Crippen LogP contribution in [0, 0.1) is 5.41 Å². The Morgan fingerprint density at radius 2 is 1.86 bits per heavy atom. The number of hydrogen-bond acceptors (Lipinski definition) is 4. The molecule has 0 bridgehead atoms. The third kappa shape index (κ3) is 2.65. The van der Waals surface area contributed by atoms with Gasteiger partial charge in [-0.1, -0.05) is 12.1 Å². The van der Waals surface area contributed by atoms with Gasteiger partial charge in [0.1, 0.15) is 0 Å². The molecule has 5 rings (SSSR count). The highest BCUT2D eigenvalue weighted by Crippen LogP contribution is 2.41. The largest absolute Gasteiger partial charge is 0.330 e. The Hall–Kier alpha value is -2.93. The summed E-state index contributed by atoms with van der Waals surface area (Å²) in [5.41, 5.74) is 2.05. The number of likely N-dealkylation sites (tertiary alicyclic amines) is 2. The van der Waals surface area contributed by atoms with E-state index in [0.717, 1.165) is 39.0 Å². The molecule has 3 amide bonds. The standard InChI is InChI=1S/C21H23N5O2/c1-24-13-21(14-24)8-11-25(12-9-21)20(28)26-17-7-3-2-6-16(17)23-19(27)15-5-4-10-22-18(15)26/h2-7,10H,8-9,11-14H2,1H3,(H,23,27). The van der Waals surface area contributed by atoms with Gasteiger partial charge >= 0.3 is 6.03 Å². The molecule has 0 unspecified atom stereocenters. The number of hydrogen-bond donors (Lipinski definition) is 1. The lowest BCUT2D eigenvalue weighted by atomic mass is 9.72. The van der Waals surface area contributed by atoms with Gasteiger partial charge in [-0.05, 0) is 49.6 Å². The van der Waals surface area contributed by atoms with E-state index in [-0.39, 0.29) is 11.9 Å². The van der Waals surface area contributed by atoms with E-state index in [1.807, 2.05) is 29.2 Å². The van der Waals surface area contributed by atoms with Crippen molar-refractivity contribution in [3.63, 3.8) is 0 Å². The quantitative estimate of drug-likeness (QED) is 0.766. The molecule has 7 nitrogen and oxygen atoms in total. The summed E-state index contributed by atoms with van der Waals surface area (Å²) in [6, 6.07) is 10.7. The molecule has 28 heavy (non-hydrogen) atoms. The number of nitrogens with one attached hydrogen (secondary N) is 1. The first-order valence-electron chi connectivity index (χ1n) is 9.69. The van der Waals surface area contributed by atoms with Crippen molar-refractivity contribution in [2.24, 2.45) is 5.41 Å². The minimum Gasteiger partial charge on any atom is -0.324 e. The number of fused-ring (bicyclic) bond motifs is 2. The first kappa shape index (κ1) is 17.2. The predicted molar refractivity (Wildman–Crippen MR) is 107 cm³/mol. The van der Waals surface area contributed by atoms with Crippen LogP contribution in [-0.4, -0.2) is 59.9 Å². The number of pyridine rings is 1. The molecule has 0 aliphatic carbocycles. The number of para-hydroxylation sites is 2. The van der Waals surface area contributed by atoms with Crippen molar-refractivity contribution in [2.75, 3.05) is 43.4 Å². The summed E-state index contributed by atoms with van der Waals surface area (Å²) in [6.45, 7) is 3.69.